The van der Waals surface area contributed by atoms with Crippen LogP contribution in [-0.4, -0.2) is 58.1 Å². The fourth-order valence-corrected chi connectivity index (χ4v) is 3.53. The van der Waals surface area contributed by atoms with Crippen LogP contribution in [0.1, 0.15) is 35.3 Å². The molecule has 154 valence electrons. The first-order valence-corrected chi connectivity index (χ1v) is 9.53. The molecule has 1 heterocycles. The zero-order valence-corrected chi connectivity index (χ0v) is 16.1. The lowest BCUT2D eigenvalue weighted by atomic mass is 9.89. The molecule has 2 aromatic carbocycles. The molecule has 0 amide bonds. The first kappa shape index (κ1) is 21.2. The van der Waals surface area contributed by atoms with Crippen molar-refractivity contribution < 1.29 is 29.9 Å². The summed E-state index contributed by atoms with van der Waals surface area (Å²) < 4.78 is 11.1. The molecule has 5 atom stereocenters. The summed E-state index contributed by atoms with van der Waals surface area (Å²) in [6.07, 6.45) is -5.71. The molecule has 0 saturated carbocycles. The Morgan fingerprint density at radius 3 is 2.34 bits per heavy atom. The first-order valence-electron chi connectivity index (χ1n) is 9.53. The Labute approximate surface area is 169 Å². The molecule has 7 nitrogen and oxygen atoms in total. The minimum Gasteiger partial charge on any atom is -0.494 e. The van der Waals surface area contributed by atoms with Crippen LogP contribution in [0.2, 0.25) is 0 Å². The Morgan fingerprint density at radius 2 is 1.72 bits per heavy atom. The van der Waals surface area contributed by atoms with Gasteiger partial charge in [0, 0.05) is 0 Å². The van der Waals surface area contributed by atoms with Gasteiger partial charge in [-0.05, 0) is 54.3 Å². The summed E-state index contributed by atoms with van der Waals surface area (Å²) in [7, 11) is 0. The quantitative estimate of drug-likeness (QED) is 0.573. The van der Waals surface area contributed by atoms with E-state index in [1.807, 2.05) is 31.2 Å². The summed E-state index contributed by atoms with van der Waals surface area (Å²) in [5.74, 6) is 0.782. The van der Waals surface area contributed by atoms with Crippen molar-refractivity contribution >= 4 is 0 Å². The van der Waals surface area contributed by atoms with Gasteiger partial charge in [0.15, 0.2) is 0 Å². The second-order valence-corrected chi connectivity index (χ2v) is 7.08. The van der Waals surface area contributed by atoms with Gasteiger partial charge in [-0.2, -0.15) is 5.26 Å². The molecule has 4 N–H and O–H groups in total. The van der Waals surface area contributed by atoms with Gasteiger partial charge in [-0.3, -0.25) is 0 Å². The molecule has 1 saturated heterocycles. The van der Waals surface area contributed by atoms with Gasteiger partial charge in [-0.25, -0.2) is 0 Å². The minimum atomic E-state index is -1.47. The van der Waals surface area contributed by atoms with Gasteiger partial charge in [-0.1, -0.05) is 18.2 Å². The highest BCUT2D eigenvalue weighted by atomic mass is 16.5. The van der Waals surface area contributed by atoms with Crippen molar-refractivity contribution in [2.24, 2.45) is 0 Å². The maximum atomic E-state index is 10.4. The summed E-state index contributed by atoms with van der Waals surface area (Å²) in [4.78, 5) is 0. The minimum absolute atomic E-state index is 0.389. The van der Waals surface area contributed by atoms with Crippen molar-refractivity contribution in [2.45, 2.75) is 43.9 Å². The Balaban J connectivity index is 1.88. The number of hydrogen-bond acceptors (Lipinski definition) is 7. The predicted octanol–water partition coefficient (Wildman–Crippen LogP) is 1.06. The number of nitriles is 1. The molecule has 1 unspecified atom stereocenters. The molecular formula is C22H25NO6. The number of aliphatic hydroxyl groups is 4. The number of rotatable bonds is 6. The lowest BCUT2D eigenvalue weighted by Crippen LogP contribution is -2.55. The zero-order chi connectivity index (χ0) is 21.0. The van der Waals surface area contributed by atoms with Gasteiger partial charge in [0.05, 0.1) is 24.8 Å². The van der Waals surface area contributed by atoms with E-state index in [-0.39, 0.29) is 0 Å². The lowest BCUT2D eigenvalue weighted by Gasteiger charge is -2.40. The molecule has 0 radical (unpaired) electrons. The van der Waals surface area contributed by atoms with Gasteiger partial charge in [-0.15, -0.1) is 0 Å². The summed E-state index contributed by atoms with van der Waals surface area (Å²) in [5.41, 5.74) is 2.74. The van der Waals surface area contributed by atoms with E-state index in [0.717, 1.165) is 16.9 Å². The molecule has 2 aromatic rings. The van der Waals surface area contributed by atoms with Crippen LogP contribution in [0.4, 0.5) is 0 Å². The fourth-order valence-electron chi connectivity index (χ4n) is 3.53. The molecule has 0 aromatic heterocycles. The second-order valence-electron chi connectivity index (χ2n) is 7.08. The van der Waals surface area contributed by atoms with Gasteiger partial charge in [0.2, 0.25) is 0 Å². The predicted molar refractivity (Wildman–Crippen MR) is 104 cm³/mol. The molecule has 3 rings (SSSR count). The van der Waals surface area contributed by atoms with Crippen molar-refractivity contribution in [3.63, 3.8) is 0 Å². The third-order valence-corrected chi connectivity index (χ3v) is 5.01. The molecule has 1 aliphatic heterocycles. The normalized spacial score (nSPS) is 26.7. The summed E-state index contributed by atoms with van der Waals surface area (Å²) in [5, 5.41) is 49.2. The van der Waals surface area contributed by atoms with Crippen molar-refractivity contribution in [2.75, 3.05) is 13.2 Å². The van der Waals surface area contributed by atoms with E-state index in [2.05, 4.69) is 6.07 Å². The van der Waals surface area contributed by atoms with Crippen LogP contribution in [0.25, 0.3) is 0 Å². The molecule has 7 heteroatoms. The largest absolute Gasteiger partial charge is 0.494 e. The molecule has 29 heavy (non-hydrogen) atoms. The number of aliphatic hydroxyl groups excluding tert-OH is 4. The van der Waals surface area contributed by atoms with Gasteiger partial charge in [0.1, 0.15) is 36.3 Å². The average molecular weight is 399 g/mol. The molecule has 0 bridgehead atoms. The molecule has 0 aliphatic carbocycles. The fraction of sp³-hybridized carbons (Fsp3) is 0.409. The van der Waals surface area contributed by atoms with E-state index in [4.69, 9.17) is 9.47 Å². The van der Waals surface area contributed by atoms with Crippen LogP contribution >= 0.6 is 0 Å². The maximum Gasteiger partial charge on any atom is 0.119 e. The van der Waals surface area contributed by atoms with Crippen LogP contribution in [-0.2, 0) is 11.2 Å². The standard InChI is InChI=1S/C22H25NO6/c1-2-28-17-5-3-13(4-6-17)7-14-8-15(11-23)10-16(9-14)22-21(27)20(26)19(25)18(12-24)29-22/h3-6,8-10,18-22,24-27H,2,7,12H2,1H3/t18?,19-,20+,21-,22+/m1/s1. The van der Waals surface area contributed by atoms with E-state index >= 15 is 0 Å². The summed E-state index contributed by atoms with van der Waals surface area (Å²) in [6.45, 7) is 2.01. The lowest BCUT2D eigenvalue weighted by molar-refractivity contribution is -0.231. The average Bonchev–Trinajstić information content (AvgIpc) is 2.73. The van der Waals surface area contributed by atoms with E-state index in [0.29, 0.717) is 24.2 Å². The maximum absolute atomic E-state index is 10.4. The number of ether oxygens (including phenoxy) is 2. The highest BCUT2D eigenvalue weighted by Crippen LogP contribution is 2.33. The van der Waals surface area contributed by atoms with Gasteiger partial charge in [0.25, 0.3) is 0 Å². The third kappa shape index (κ3) is 4.75. The van der Waals surface area contributed by atoms with E-state index in [1.165, 1.54) is 0 Å². The van der Waals surface area contributed by atoms with E-state index < -0.39 is 37.1 Å². The van der Waals surface area contributed by atoms with Crippen LogP contribution in [0.15, 0.2) is 42.5 Å². The van der Waals surface area contributed by atoms with E-state index in [1.54, 1.807) is 18.2 Å². The zero-order valence-electron chi connectivity index (χ0n) is 16.1. The van der Waals surface area contributed by atoms with Crippen molar-refractivity contribution in [1.29, 1.82) is 5.26 Å². The number of benzene rings is 2. The Hall–Kier alpha value is -2.47. The first-order chi connectivity index (χ1) is 14.0. The van der Waals surface area contributed by atoms with Crippen LogP contribution in [0.3, 0.4) is 0 Å². The SMILES string of the molecule is CCOc1ccc(Cc2cc(C#N)cc([C@@H]3OC(CO)[C@@H](O)[C@H](O)[C@H]3O)c2)cc1. The molecule has 1 fully saturated rings. The smallest absolute Gasteiger partial charge is 0.119 e. The van der Waals surface area contributed by atoms with Crippen LogP contribution in [0.5, 0.6) is 5.75 Å². The number of nitrogens with zero attached hydrogens (tertiary/aromatic N) is 1. The Morgan fingerprint density at radius 1 is 1.00 bits per heavy atom. The monoisotopic (exact) mass is 399 g/mol. The third-order valence-electron chi connectivity index (χ3n) is 5.01. The second kappa shape index (κ2) is 9.35. The highest BCUT2D eigenvalue weighted by molar-refractivity contribution is 5.41. The summed E-state index contributed by atoms with van der Waals surface area (Å²) in [6, 6.07) is 14.9. The Kier molecular flexibility index (Phi) is 6.85. The topological polar surface area (TPSA) is 123 Å². The van der Waals surface area contributed by atoms with Crippen molar-refractivity contribution in [1.82, 2.24) is 0 Å². The molecule has 1 aliphatic rings. The van der Waals surface area contributed by atoms with Crippen LogP contribution < -0.4 is 4.74 Å². The van der Waals surface area contributed by atoms with Crippen molar-refractivity contribution in [3.05, 3.63) is 64.7 Å². The number of hydrogen-bond donors (Lipinski definition) is 4. The van der Waals surface area contributed by atoms with Crippen molar-refractivity contribution in [3.8, 4) is 11.8 Å². The molecule has 0 spiro atoms. The summed E-state index contributed by atoms with van der Waals surface area (Å²) >= 11 is 0. The van der Waals surface area contributed by atoms with E-state index in [9.17, 15) is 25.7 Å². The van der Waals surface area contributed by atoms with Gasteiger partial charge >= 0.3 is 0 Å². The Bertz CT molecular complexity index is 861. The highest BCUT2D eigenvalue weighted by Gasteiger charge is 2.44. The molecular weight excluding hydrogens is 374 g/mol. The van der Waals surface area contributed by atoms with Crippen LogP contribution in [0, 0.1) is 11.3 Å². The van der Waals surface area contributed by atoms with Gasteiger partial charge < -0.3 is 29.9 Å².